The van der Waals surface area contributed by atoms with Crippen molar-refractivity contribution in [2.24, 2.45) is 0 Å². The van der Waals surface area contributed by atoms with Gasteiger partial charge >= 0.3 is 0 Å². The van der Waals surface area contributed by atoms with Crippen LogP contribution in [0.5, 0.6) is 0 Å². The quantitative estimate of drug-likeness (QED) is 0.386. The minimum atomic E-state index is -0.440. The molecule has 0 radical (unpaired) electrons. The molecule has 2 saturated heterocycles. The van der Waals surface area contributed by atoms with E-state index in [-0.39, 0.29) is 5.91 Å². The molecule has 1 amide bonds. The van der Waals surface area contributed by atoms with Crippen molar-refractivity contribution in [1.82, 2.24) is 19.7 Å². The largest absolute Gasteiger partial charge is 0.347 e. The molecule has 3 aromatic rings. The minimum Gasteiger partial charge on any atom is -0.347 e. The molecule has 1 aromatic heterocycles. The van der Waals surface area contributed by atoms with Gasteiger partial charge in [-0.15, -0.1) is 10.2 Å². The zero-order valence-corrected chi connectivity index (χ0v) is 19.4. The number of thioether (sulfide) groups is 1. The number of aromatic nitrogens is 3. The van der Waals surface area contributed by atoms with E-state index in [2.05, 4.69) is 26.9 Å². The number of benzene rings is 2. The third kappa shape index (κ3) is 4.98. The number of nitrogens with zero attached hydrogens (tertiary/aromatic N) is 4. The lowest BCUT2D eigenvalue weighted by Crippen LogP contribution is -2.47. The van der Waals surface area contributed by atoms with Crippen LogP contribution in [0.2, 0.25) is 0 Å². The standard InChI is InChI=1S/C25H28N4O3S/c30-22(28-15-13-25(14-16-28)31-17-18-32-25)12-7-19-33-24-27-26-23(20-8-3-1-4-9-20)29(24)21-10-5-2-6-11-21/h1-6,8-11H,7,12-19H2. The number of likely N-dealkylation sites (tertiary alicyclic amines) is 1. The van der Waals surface area contributed by atoms with Crippen molar-refractivity contribution in [1.29, 1.82) is 0 Å². The molecule has 8 heteroatoms. The molecule has 3 heterocycles. The van der Waals surface area contributed by atoms with Crippen molar-refractivity contribution in [2.75, 3.05) is 32.1 Å². The fraction of sp³-hybridized carbons (Fsp3) is 0.400. The molecule has 2 aliphatic rings. The average molecular weight is 465 g/mol. The fourth-order valence-corrected chi connectivity index (χ4v) is 5.27. The van der Waals surface area contributed by atoms with Crippen LogP contribution in [0.25, 0.3) is 17.1 Å². The van der Waals surface area contributed by atoms with Crippen LogP contribution in [0.3, 0.4) is 0 Å². The molecule has 2 aliphatic heterocycles. The van der Waals surface area contributed by atoms with Crippen molar-refractivity contribution in [3.8, 4) is 17.1 Å². The molecular weight excluding hydrogens is 436 g/mol. The van der Waals surface area contributed by atoms with Crippen LogP contribution in [0.4, 0.5) is 0 Å². The number of ether oxygens (including phenoxy) is 2. The molecule has 0 atom stereocenters. The molecule has 1 spiro atoms. The van der Waals surface area contributed by atoms with Gasteiger partial charge in [0, 0.05) is 49.4 Å². The molecule has 0 N–H and O–H groups in total. The minimum absolute atomic E-state index is 0.206. The highest BCUT2D eigenvalue weighted by molar-refractivity contribution is 7.99. The number of hydrogen-bond donors (Lipinski definition) is 0. The number of carbonyl (C=O) groups excluding carboxylic acids is 1. The van der Waals surface area contributed by atoms with Gasteiger partial charge in [-0.25, -0.2) is 0 Å². The number of hydrogen-bond acceptors (Lipinski definition) is 6. The summed E-state index contributed by atoms with van der Waals surface area (Å²) in [5.41, 5.74) is 2.05. The second kappa shape index (κ2) is 10.1. The summed E-state index contributed by atoms with van der Waals surface area (Å²) in [4.78, 5) is 14.6. The summed E-state index contributed by atoms with van der Waals surface area (Å²) < 4.78 is 13.6. The lowest BCUT2D eigenvalue weighted by Gasteiger charge is -2.37. The lowest BCUT2D eigenvalue weighted by atomic mass is 10.0. The molecule has 2 fully saturated rings. The number of amides is 1. The van der Waals surface area contributed by atoms with E-state index in [0.29, 0.717) is 32.7 Å². The van der Waals surface area contributed by atoms with E-state index in [1.54, 1.807) is 11.8 Å². The van der Waals surface area contributed by atoms with Crippen LogP contribution < -0.4 is 0 Å². The second-order valence-corrected chi connectivity index (χ2v) is 9.35. The van der Waals surface area contributed by atoms with E-state index in [4.69, 9.17) is 9.47 Å². The monoisotopic (exact) mass is 464 g/mol. The van der Waals surface area contributed by atoms with E-state index in [1.807, 2.05) is 53.4 Å². The van der Waals surface area contributed by atoms with E-state index in [1.165, 1.54) is 0 Å². The Balaban J connectivity index is 1.19. The van der Waals surface area contributed by atoms with Crippen molar-refractivity contribution >= 4 is 17.7 Å². The topological polar surface area (TPSA) is 69.5 Å². The SMILES string of the molecule is O=C(CCCSc1nnc(-c2ccccc2)n1-c1ccccc1)N1CCC2(CC1)OCCO2. The van der Waals surface area contributed by atoms with Crippen molar-refractivity contribution < 1.29 is 14.3 Å². The highest BCUT2D eigenvalue weighted by Crippen LogP contribution is 2.32. The van der Waals surface area contributed by atoms with Gasteiger partial charge in [-0.3, -0.25) is 9.36 Å². The first-order valence-electron chi connectivity index (χ1n) is 11.5. The Hall–Kier alpha value is -2.68. The Bertz CT molecular complexity index is 1060. The maximum atomic E-state index is 12.7. The lowest BCUT2D eigenvalue weighted by molar-refractivity contribution is -0.187. The van der Waals surface area contributed by atoms with Gasteiger partial charge in [-0.2, -0.15) is 0 Å². The summed E-state index contributed by atoms with van der Waals surface area (Å²) in [5.74, 6) is 1.39. The highest BCUT2D eigenvalue weighted by Gasteiger charge is 2.40. The summed E-state index contributed by atoms with van der Waals surface area (Å²) in [7, 11) is 0. The normalized spacial score (nSPS) is 17.5. The predicted octanol–water partition coefficient (Wildman–Crippen LogP) is 4.17. The first kappa shape index (κ1) is 22.1. The third-order valence-corrected chi connectivity index (χ3v) is 7.15. The van der Waals surface area contributed by atoms with Crippen molar-refractivity contribution in [3.05, 3.63) is 60.7 Å². The molecule has 0 unspecified atom stereocenters. The molecule has 5 rings (SSSR count). The van der Waals surface area contributed by atoms with Gasteiger partial charge in [0.25, 0.3) is 0 Å². The molecule has 0 bridgehead atoms. The third-order valence-electron chi connectivity index (χ3n) is 6.14. The summed E-state index contributed by atoms with van der Waals surface area (Å²) in [6.45, 7) is 2.72. The summed E-state index contributed by atoms with van der Waals surface area (Å²) in [5, 5.41) is 9.78. The van der Waals surface area contributed by atoms with Gasteiger partial charge in [-0.05, 0) is 18.6 Å². The predicted molar refractivity (Wildman–Crippen MR) is 127 cm³/mol. The van der Waals surface area contributed by atoms with Gasteiger partial charge in [0.2, 0.25) is 5.91 Å². The molecule has 33 heavy (non-hydrogen) atoms. The van der Waals surface area contributed by atoms with Crippen LogP contribution in [0, 0.1) is 0 Å². The average Bonchev–Trinajstić information content (AvgIpc) is 3.50. The fourth-order valence-electron chi connectivity index (χ4n) is 4.37. The number of para-hydroxylation sites is 1. The van der Waals surface area contributed by atoms with Crippen LogP contribution in [0.1, 0.15) is 25.7 Å². The first-order chi connectivity index (χ1) is 16.2. The second-order valence-electron chi connectivity index (χ2n) is 8.28. The molecule has 0 saturated carbocycles. The van der Waals surface area contributed by atoms with Gasteiger partial charge in [0.05, 0.1) is 13.2 Å². The van der Waals surface area contributed by atoms with Crippen molar-refractivity contribution in [3.63, 3.8) is 0 Å². The van der Waals surface area contributed by atoms with Crippen LogP contribution in [-0.2, 0) is 14.3 Å². The Morgan fingerprint density at radius 2 is 1.61 bits per heavy atom. The Morgan fingerprint density at radius 3 is 2.30 bits per heavy atom. The van der Waals surface area contributed by atoms with Gasteiger partial charge < -0.3 is 14.4 Å². The molecular formula is C25H28N4O3S. The maximum Gasteiger partial charge on any atom is 0.222 e. The van der Waals surface area contributed by atoms with Crippen LogP contribution in [-0.4, -0.2) is 63.4 Å². The Kier molecular flexibility index (Phi) is 6.75. The summed E-state index contributed by atoms with van der Waals surface area (Å²) >= 11 is 1.64. The molecule has 2 aromatic carbocycles. The first-order valence-corrected chi connectivity index (χ1v) is 12.5. The van der Waals surface area contributed by atoms with Crippen LogP contribution >= 0.6 is 11.8 Å². The maximum absolute atomic E-state index is 12.7. The van der Waals surface area contributed by atoms with E-state index in [9.17, 15) is 4.79 Å². The number of piperidine rings is 1. The summed E-state index contributed by atoms with van der Waals surface area (Å²) in [6, 6.07) is 20.2. The zero-order valence-electron chi connectivity index (χ0n) is 18.6. The molecule has 7 nitrogen and oxygen atoms in total. The Morgan fingerprint density at radius 1 is 0.939 bits per heavy atom. The van der Waals surface area contributed by atoms with Crippen molar-refractivity contribution in [2.45, 2.75) is 36.6 Å². The number of carbonyl (C=O) groups is 1. The van der Waals surface area contributed by atoms with E-state index in [0.717, 1.165) is 47.2 Å². The van der Waals surface area contributed by atoms with E-state index < -0.39 is 5.79 Å². The number of rotatable bonds is 7. The van der Waals surface area contributed by atoms with Gasteiger partial charge in [0.1, 0.15) is 0 Å². The molecule has 0 aliphatic carbocycles. The Labute approximate surface area is 198 Å². The molecule has 172 valence electrons. The van der Waals surface area contributed by atoms with Crippen LogP contribution in [0.15, 0.2) is 65.8 Å². The highest BCUT2D eigenvalue weighted by atomic mass is 32.2. The van der Waals surface area contributed by atoms with Gasteiger partial charge in [0.15, 0.2) is 16.8 Å². The smallest absolute Gasteiger partial charge is 0.222 e. The van der Waals surface area contributed by atoms with Gasteiger partial charge in [-0.1, -0.05) is 60.3 Å². The van der Waals surface area contributed by atoms with E-state index >= 15 is 0 Å². The summed E-state index contributed by atoms with van der Waals surface area (Å²) in [6.07, 6.45) is 2.85. The zero-order chi connectivity index (χ0) is 22.5.